The van der Waals surface area contributed by atoms with E-state index in [-0.39, 0.29) is 11.9 Å². The fourth-order valence-electron chi connectivity index (χ4n) is 5.64. The average Bonchev–Trinajstić information content (AvgIpc) is 3.15. The van der Waals surface area contributed by atoms with Crippen LogP contribution in [0.1, 0.15) is 40.5 Å². The fraction of sp³-hybridized carbons (Fsp3) is 0.538. The van der Waals surface area contributed by atoms with E-state index in [1.165, 1.54) is 0 Å². The van der Waals surface area contributed by atoms with Gasteiger partial charge in [0.05, 0.1) is 17.7 Å². The molecule has 2 saturated heterocycles. The van der Waals surface area contributed by atoms with Gasteiger partial charge >= 0.3 is 5.97 Å². The summed E-state index contributed by atoms with van der Waals surface area (Å²) in [5.41, 5.74) is -0.338. The van der Waals surface area contributed by atoms with Crippen LogP contribution in [0.4, 0.5) is 5.95 Å². The second-order valence-electron chi connectivity index (χ2n) is 10.2. The van der Waals surface area contributed by atoms with Crippen molar-refractivity contribution in [3.8, 4) is 17.0 Å². The molecule has 1 aromatic heterocycles. The number of benzene rings is 1. The molecule has 180 valence electrons. The summed E-state index contributed by atoms with van der Waals surface area (Å²) >= 11 is 0. The highest BCUT2D eigenvalue weighted by atomic mass is 16.6. The second-order valence-corrected chi connectivity index (χ2v) is 10.2. The van der Waals surface area contributed by atoms with Crippen molar-refractivity contribution in [2.45, 2.75) is 46.1 Å². The molecule has 8 nitrogen and oxygen atoms in total. The number of ether oxygens (including phenoxy) is 2. The summed E-state index contributed by atoms with van der Waals surface area (Å²) in [6, 6.07) is 9.76. The van der Waals surface area contributed by atoms with E-state index in [1.54, 1.807) is 6.20 Å². The lowest BCUT2D eigenvalue weighted by Gasteiger charge is -2.42. The minimum absolute atomic E-state index is 0.0595. The largest absolute Gasteiger partial charge is 0.494 e. The number of anilines is 1. The Morgan fingerprint density at radius 2 is 1.76 bits per heavy atom. The molecule has 3 fully saturated rings. The molecule has 1 amide bonds. The Labute approximate surface area is 200 Å². The molecule has 2 aromatic rings. The zero-order chi connectivity index (χ0) is 24.1. The molecule has 3 heterocycles. The number of rotatable bonds is 5. The monoisotopic (exact) mass is 464 g/mol. The quantitative estimate of drug-likeness (QED) is 0.628. The van der Waals surface area contributed by atoms with Gasteiger partial charge in [-0.15, -0.1) is 0 Å². The van der Waals surface area contributed by atoms with Crippen LogP contribution in [0, 0.1) is 10.8 Å². The second kappa shape index (κ2) is 7.96. The van der Waals surface area contributed by atoms with Crippen molar-refractivity contribution in [3.05, 3.63) is 36.5 Å². The topological polar surface area (TPSA) is 84.9 Å². The van der Waals surface area contributed by atoms with Gasteiger partial charge in [-0.1, -0.05) is 13.8 Å². The van der Waals surface area contributed by atoms with Crippen molar-refractivity contribution in [2.75, 3.05) is 37.7 Å². The van der Waals surface area contributed by atoms with E-state index in [0.717, 1.165) is 17.0 Å². The molecule has 5 rings (SSSR count). The number of amides is 1. The molecule has 0 N–H and O–H groups in total. The van der Waals surface area contributed by atoms with E-state index >= 15 is 0 Å². The van der Waals surface area contributed by atoms with Crippen molar-refractivity contribution >= 4 is 17.8 Å². The third-order valence-corrected chi connectivity index (χ3v) is 8.38. The Hall–Kier alpha value is -3.16. The first kappa shape index (κ1) is 22.6. The molecule has 3 aliphatic rings. The smallest absolute Gasteiger partial charge is 0.313 e. The van der Waals surface area contributed by atoms with Crippen LogP contribution in [0.15, 0.2) is 36.5 Å². The van der Waals surface area contributed by atoms with Crippen molar-refractivity contribution < 1.29 is 19.1 Å². The summed E-state index contributed by atoms with van der Waals surface area (Å²) in [5, 5.41) is 0. The minimum Gasteiger partial charge on any atom is -0.494 e. The number of carbonyl (C=O) groups is 2. The zero-order valence-corrected chi connectivity index (χ0v) is 20.3. The summed E-state index contributed by atoms with van der Waals surface area (Å²) in [4.78, 5) is 39.4. The average molecular weight is 465 g/mol. The van der Waals surface area contributed by atoms with Gasteiger partial charge < -0.3 is 19.3 Å². The summed E-state index contributed by atoms with van der Waals surface area (Å²) in [6.07, 6.45) is 3.05. The van der Waals surface area contributed by atoms with Gasteiger partial charge in [0.1, 0.15) is 5.75 Å². The lowest BCUT2D eigenvalue weighted by atomic mass is 9.66. The maximum Gasteiger partial charge on any atom is 0.313 e. The first-order chi connectivity index (χ1) is 16.2. The molecule has 1 unspecified atom stereocenters. The summed E-state index contributed by atoms with van der Waals surface area (Å²) in [5.74, 6) is 1.18. The van der Waals surface area contributed by atoms with Gasteiger partial charge in [0.15, 0.2) is 5.60 Å². The third-order valence-electron chi connectivity index (χ3n) is 8.38. The maximum absolute atomic E-state index is 13.6. The SMILES string of the molecule is CCOc1ccc(-c2ccnc(N3CCN(C(=O)C45CC[C@@](C)(C(=O)O4)C5(C)C)CC3)n2)cc1. The fourth-order valence-corrected chi connectivity index (χ4v) is 5.64. The van der Waals surface area contributed by atoms with Gasteiger partial charge in [0.2, 0.25) is 5.95 Å². The molecule has 1 saturated carbocycles. The van der Waals surface area contributed by atoms with Crippen LogP contribution in [0.3, 0.4) is 0 Å². The highest BCUT2D eigenvalue weighted by Gasteiger charge is 2.76. The number of fused-ring (bicyclic) bond motifs is 2. The standard InChI is InChI=1S/C26H32N4O4/c1-5-33-19-8-6-18(7-9-19)20-10-13-27-23(28-20)30-16-14-29(15-17-30)21(31)26-12-11-25(4,22(32)34-26)24(26,2)3/h6-10,13H,5,11-12,14-17H2,1-4H3/t25-,26?/m0/s1. The van der Waals surface area contributed by atoms with Crippen LogP contribution >= 0.6 is 0 Å². The van der Waals surface area contributed by atoms with Crippen LogP contribution in [0.5, 0.6) is 5.75 Å². The van der Waals surface area contributed by atoms with Crippen molar-refractivity contribution in [2.24, 2.45) is 10.8 Å². The highest BCUT2D eigenvalue weighted by Crippen LogP contribution is 2.66. The lowest BCUT2D eigenvalue weighted by molar-refractivity contribution is -0.174. The third kappa shape index (κ3) is 3.18. The Balaban J connectivity index is 1.28. The van der Waals surface area contributed by atoms with Gasteiger partial charge in [-0.25, -0.2) is 9.97 Å². The summed E-state index contributed by atoms with van der Waals surface area (Å²) in [7, 11) is 0. The predicted octanol–water partition coefficient (Wildman–Crippen LogP) is 3.31. The molecule has 0 radical (unpaired) electrons. The Morgan fingerprint density at radius 3 is 2.35 bits per heavy atom. The normalized spacial score (nSPS) is 27.6. The first-order valence-electron chi connectivity index (χ1n) is 12.1. The first-order valence-corrected chi connectivity index (χ1v) is 12.1. The molecular weight excluding hydrogens is 432 g/mol. The summed E-state index contributed by atoms with van der Waals surface area (Å²) in [6.45, 7) is 10.9. The molecule has 1 aromatic carbocycles. The van der Waals surface area contributed by atoms with Gasteiger partial charge in [-0.3, -0.25) is 9.59 Å². The highest BCUT2D eigenvalue weighted by molar-refractivity contribution is 5.96. The molecule has 2 atom stereocenters. The number of aromatic nitrogens is 2. The molecule has 0 spiro atoms. The number of hydrogen-bond donors (Lipinski definition) is 0. The predicted molar refractivity (Wildman–Crippen MR) is 127 cm³/mol. The van der Waals surface area contributed by atoms with Crippen LogP contribution in [-0.4, -0.2) is 65.1 Å². The zero-order valence-electron chi connectivity index (χ0n) is 20.3. The molecule has 2 aliphatic heterocycles. The summed E-state index contributed by atoms with van der Waals surface area (Å²) < 4.78 is 11.3. The van der Waals surface area contributed by atoms with E-state index in [0.29, 0.717) is 51.6 Å². The number of piperazine rings is 1. The van der Waals surface area contributed by atoms with Crippen LogP contribution in [0.2, 0.25) is 0 Å². The van der Waals surface area contributed by atoms with E-state index in [2.05, 4.69) is 9.88 Å². The van der Waals surface area contributed by atoms with E-state index < -0.39 is 16.4 Å². The number of esters is 1. The molecule has 2 bridgehead atoms. The number of hydrogen-bond acceptors (Lipinski definition) is 7. The Kier molecular flexibility index (Phi) is 5.30. The van der Waals surface area contributed by atoms with E-state index in [1.807, 2.05) is 62.9 Å². The molecular formula is C26H32N4O4. The van der Waals surface area contributed by atoms with Crippen LogP contribution in [-0.2, 0) is 14.3 Å². The van der Waals surface area contributed by atoms with Crippen molar-refractivity contribution in [1.29, 1.82) is 0 Å². The Bertz CT molecular complexity index is 1110. The maximum atomic E-state index is 13.6. The van der Waals surface area contributed by atoms with Gasteiger partial charge in [0, 0.05) is 43.4 Å². The van der Waals surface area contributed by atoms with Gasteiger partial charge in [-0.05, 0) is 57.0 Å². The van der Waals surface area contributed by atoms with Crippen LogP contribution < -0.4 is 9.64 Å². The van der Waals surface area contributed by atoms with Crippen LogP contribution in [0.25, 0.3) is 11.3 Å². The van der Waals surface area contributed by atoms with E-state index in [4.69, 9.17) is 14.5 Å². The minimum atomic E-state index is -1.05. The number of carbonyl (C=O) groups excluding carboxylic acids is 2. The van der Waals surface area contributed by atoms with Gasteiger partial charge in [0.25, 0.3) is 5.91 Å². The lowest BCUT2D eigenvalue weighted by Crippen LogP contribution is -2.59. The van der Waals surface area contributed by atoms with Crippen molar-refractivity contribution in [3.63, 3.8) is 0 Å². The molecule has 8 heteroatoms. The number of nitrogens with zero attached hydrogens (tertiary/aromatic N) is 4. The molecule has 1 aliphatic carbocycles. The Morgan fingerprint density at radius 1 is 1.06 bits per heavy atom. The van der Waals surface area contributed by atoms with Gasteiger partial charge in [-0.2, -0.15) is 0 Å². The van der Waals surface area contributed by atoms with E-state index in [9.17, 15) is 9.59 Å². The molecule has 34 heavy (non-hydrogen) atoms. The van der Waals surface area contributed by atoms with Crippen molar-refractivity contribution in [1.82, 2.24) is 14.9 Å².